The van der Waals surface area contributed by atoms with E-state index in [1.54, 1.807) is 17.7 Å². The molecule has 0 saturated carbocycles. The van der Waals surface area contributed by atoms with Crippen molar-refractivity contribution in [2.75, 3.05) is 0 Å². The molecular formula is C12H6I2Se3. The predicted octanol–water partition coefficient (Wildman–Crippen LogP) is 3.40. The molecule has 0 aromatic carbocycles. The second-order valence-corrected chi connectivity index (χ2v) is 15.8. The first-order chi connectivity index (χ1) is 8.22. The quantitative estimate of drug-likeness (QED) is 0.298. The molecule has 0 amide bonds. The Morgan fingerprint density at radius 3 is 1.24 bits per heavy atom. The van der Waals surface area contributed by atoms with Gasteiger partial charge in [0.2, 0.25) is 0 Å². The average Bonchev–Trinajstić information content (AvgIpc) is 2.96. The fraction of sp³-hybridized carbons (Fsp3) is 0. The van der Waals surface area contributed by atoms with Gasteiger partial charge < -0.3 is 0 Å². The van der Waals surface area contributed by atoms with E-state index in [9.17, 15) is 0 Å². The van der Waals surface area contributed by atoms with Crippen LogP contribution in [0, 0.1) is 4.89 Å². The average molecular weight is 641 g/mol. The molecule has 0 bridgehead atoms. The summed E-state index contributed by atoms with van der Waals surface area (Å²) < 4.78 is 9.46. The van der Waals surface area contributed by atoms with E-state index in [-0.39, 0.29) is 0 Å². The van der Waals surface area contributed by atoms with Gasteiger partial charge >= 0.3 is 148 Å². The zero-order chi connectivity index (χ0) is 11.8. The van der Waals surface area contributed by atoms with E-state index in [2.05, 4.69) is 81.6 Å². The Labute approximate surface area is 145 Å². The van der Waals surface area contributed by atoms with Crippen molar-refractivity contribution in [3.05, 3.63) is 41.3 Å². The summed E-state index contributed by atoms with van der Waals surface area (Å²) in [4.78, 5) is 0. The molecule has 0 aliphatic carbocycles. The van der Waals surface area contributed by atoms with Gasteiger partial charge in [0.1, 0.15) is 0 Å². The van der Waals surface area contributed by atoms with Crippen LogP contribution < -0.4 is 0 Å². The van der Waals surface area contributed by atoms with Crippen LogP contribution in [0.5, 0.6) is 0 Å². The van der Waals surface area contributed by atoms with Crippen LogP contribution in [0.25, 0.3) is 17.7 Å². The van der Waals surface area contributed by atoms with E-state index in [1.807, 2.05) is 0 Å². The van der Waals surface area contributed by atoms with Gasteiger partial charge in [-0.3, -0.25) is 0 Å². The molecular weight excluding hydrogens is 635 g/mol. The molecule has 0 aliphatic rings. The zero-order valence-corrected chi connectivity index (χ0v) is 17.9. The molecule has 0 saturated heterocycles. The molecule has 3 aromatic heterocycles. The van der Waals surface area contributed by atoms with Gasteiger partial charge in [0, 0.05) is 0 Å². The van der Waals surface area contributed by atoms with Gasteiger partial charge in [-0.05, 0) is 0 Å². The normalized spacial score (nSPS) is 10.9. The molecule has 3 aromatic rings. The van der Waals surface area contributed by atoms with Gasteiger partial charge in [-0.25, -0.2) is 0 Å². The van der Waals surface area contributed by atoms with Gasteiger partial charge in [0.15, 0.2) is 0 Å². The van der Waals surface area contributed by atoms with Crippen LogP contribution >= 0.6 is 45.2 Å². The summed E-state index contributed by atoms with van der Waals surface area (Å²) in [6, 6.07) is 13.9. The van der Waals surface area contributed by atoms with E-state index in [0.29, 0.717) is 43.5 Å². The minimum atomic E-state index is 0.547. The van der Waals surface area contributed by atoms with Gasteiger partial charge in [-0.2, -0.15) is 0 Å². The van der Waals surface area contributed by atoms with Crippen LogP contribution in [-0.4, -0.2) is 43.5 Å². The van der Waals surface area contributed by atoms with E-state index < -0.39 is 0 Å². The summed E-state index contributed by atoms with van der Waals surface area (Å²) in [5, 5.41) is 0. The Morgan fingerprint density at radius 1 is 0.529 bits per heavy atom. The van der Waals surface area contributed by atoms with Crippen LogP contribution in [0.1, 0.15) is 0 Å². The second-order valence-electron chi connectivity index (χ2n) is 3.37. The number of hydrogen-bond donors (Lipinski definition) is 0. The van der Waals surface area contributed by atoms with Crippen molar-refractivity contribution >= 4 is 88.7 Å². The van der Waals surface area contributed by atoms with Gasteiger partial charge in [-0.15, -0.1) is 0 Å². The Bertz CT molecular complexity index is 593. The summed E-state index contributed by atoms with van der Waals surface area (Å²) >= 11 is 6.64. The first-order valence-electron chi connectivity index (χ1n) is 4.83. The molecule has 0 unspecified atom stereocenters. The minimum absolute atomic E-state index is 0.547. The molecule has 3 rings (SSSR count). The number of hydrogen-bond acceptors (Lipinski definition) is 0. The Hall–Kier alpha value is 1.46. The second kappa shape index (κ2) is 5.84. The van der Waals surface area contributed by atoms with Crippen LogP contribution in [0.15, 0.2) is 36.4 Å². The monoisotopic (exact) mass is 644 g/mol. The van der Waals surface area contributed by atoms with Crippen molar-refractivity contribution in [3.63, 3.8) is 0 Å². The van der Waals surface area contributed by atoms with E-state index in [4.69, 9.17) is 0 Å². The van der Waals surface area contributed by atoms with Crippen LogP contribution in [0.3, 0.4) is 0 Å². The van der Waals surface area contributed by atoms with Crippen LogP contribution in [0.2, 0.25) is 0 Å². The van der Waals surface area contributed by atoms with Gasteiger partial charge in [-0.1, -0.05) is 0 Å². The molecule has 0 radical (unpaired) electrons. The SMILES string of the molecule is Ic1ccc(-c2ccc(-c3ccc(I)[se]3)[se]2)[se]1. The van der Waals surface area contributed by atoms with Crippen molar-refractivity contribution < 1.29 is 0 Å². The third-order valence-electron chi connectivity index (χ3n) is 2.24. The maximum atomic E-state index is 2.46. The third kappa shape index (κ3) is 3.14. The Kier molecular flexibility index (Phi) is 4.62. The van der Waals surface area contributed by atoms with Crippen molar-refractivity contribution in [1.82, 2.24) is 0 Å². The summed E-state index contributed by atoms with van der Waals surface area (Å²) in [5.74, 6) is 0. The molecule has 0 atom stereocenters. The first-order valence-corrected chi connectivity index (χ1v) is 12.1. The Balaban J connectivity index is 1.98. The fourth-order valence-corrected chi connectivity index (χ4v) is 10.6. The molecule has 0 N–H and O–H groups in total. The van der Waals surface area contributed by atoms with Crippen molar-refractivity contribution in [2.45, 2.75) is 0 Å². The summed E-state index contributed by atoms with van der Waals surface area (Å²) in [6.45, 7) is 0. The van der Waals surface area contributed by atoms with Crippen LogP contribution in [-0.2, 0) is 0 Å². The number of halogens is 2. The molecule has 0 spiro atoms. The predicted molar refractivity (Wildman–Crippen MR) is 93.6 cm³/mol. The molecule has 86 valence electrons. The molecule has 0 fully saturated rings. The summed E-state index contributed by atoms with van der Waals surface area (Å²) in [7, 11) is 0. The standard InChI is InChI=1S/C12H6I2Se3/c13-11-5-3-9(16-11)7-1-2-8(15-7)10-4-6-12(14)17-10/h1-6H. The summed E-state index contributed by atoms with van der Waals surface area (Å²) in [6.07, 6.45) is 0. The van der Waals surface area contributed by atoms with Gasteiger partial charge in [0.25, 0.3) is 0 Å². The zero-order valence-electron chi connectivity index (χ0n) is 8.44. The molecule has 17 heavy (non-hydrogen) atoms. The molecule has 3 heterocycles. The number of rotatable bonds is 2. The van der Waals surface area contributed by atoms with Crippen LogP contribution in [0.4, 0.5) is 0 Å². The van der Waals surface area contributed by atoms with Crippen molar-refractivity contribution in [1.29, 1.82) is 0 Å². The first kappa shape index (κ1) is 13.4. The van der Waals surface area contributed by atoms with E-state index >= 15 is 0 Å². The topological polar surface area (TPSA) is 0 Å². The Morgan fingerprint density at radius 2 is 0.882 bits per heavy atom. The molecule has 0 nitrogen and oxygen atoms in total. The van der Waals surface area contributed by atoms with E-state index in [0.717, 1.165) is 0 Å². The van der Waals surface area contributed by atoms with Crippen molar-refractivity contribution in [2.24, 2.45) is 0 Å². The van der Waals surface area contributed by atoms with Crippen molar-refractivity contribution in [3.8, 4) is 17.7 Å². The third-order valence-corrected chi connectivity index (χ3v) is 12.8. The summed E-state index contributed by atoms with van der Waals surface area (Å²) in [5.41, 5.74) is 0. The maximum absolute atomic E-state index is 2.46. The van der Waals surface area contributed by atoms with E-state index in [1.165, 1.54) is 4.89 Å². The molecule has 5 heteroatoms. The molecule has 0 aliphatic heterocycles. The fourth-order valence-electron chi connectivity index (χ4n) is 1.50. The van der Waals surface area contributed by atoms with Gasteiger partial charge in [0.05, 0.1) is 0 Å².